The second kappa shape index (κ2) is 6.35. The van der Waals surface area contributed by atoms with Crippen LogP contribution in [0.25, 0.3) is 0 Å². The molecule has 0 aromatic carbocycles. The fourth-order valence-electron chi connectivity index (χ4n) is 2.02. The first-order valence-electron chi connectivity index (χ1n) is 6.77. The molecule has 0 aliphatic heterocycles. The molecule has 0 saturated heterocycles. The second-order valence-corrected chi connectivity index (χ2v) is 8.33. The molecule has 1 aromatic heterocycles. The Balaban J connectivity index is 2.16. The van der Waals surface area contributed by atoms with Gasteiger partial charge in [-0.1, -0.05) is 6.92 Å². The van der Waals surface area contributed by atoms with Crippen LogP contribution in [0.5, 0.6) is 0 Å². The molecule has 1 aliphatic carbocycles. The first-order valence-corrected chi connectivity index (χ1v) is 9.03. The predicted octanol–water partition coefficient (Wildman–Crippen LogP) is 2.09. The maximum Gasteiger partial charge on any atom is 0.252 e. The lowest BCUT2D eigenvalue weighted by atomic mass is 10.4. The van der Waals surface area contributed by atoms with Gasteiger partial charge in [0.25, 0.3) is 10.0 Å². The summed E-state index contributed by atoms with van der Waals surface area (Å²) in [7, 11) is -3.35. The van der Waals surface area contributed by atoms with Crippen molar-refractivity contribution in [1.29, 1.82) is 0 Å². The molecule has 1 N–H and O–H groups in total. The molecule has 2 rings (SSSR count). The van der Waals surface area contributed by atoms with Crippen molar-refractivity contribution in [2.45, 2.75) is 36.8 Å². The molecule has 1 aromatic rings. The summed E-state index contributed by atoms with van der Waals surface area (Å²) in [5.41, 5.74) is 0. The molecule has 4 nitrogen and oxygen atoms in total. The zero-order valence-corrected chi connectivity index (χ0v) is 12.8. The SMILES string of the molecule is CCCN(CC1CC1)S(=O)(=O)c1ccc(CCO)s1. The van der Waals surface area contributed by atoms with E-state index in [-0.39, 0.29) is 6.61 Å². The van der Waals surface area contributed by atoms with Crippen molar-refractivity contribution in [3.63, 3.8) is 0 Å². The van der Waals surface area contributed by atoms with E-state index < -0.39 is 10.0 Å². The van der Waals surface area contributed by atoms with Gasteiger partial charge in [0, 0.05) is 31.0 Å². The van der Waals surface area contributed by atoms with E-state index in [0.29, 0.717) is 29.6 Å². The van der Waals surface area contributed by atoms with E-state index in [1.165, 1.54) is 11.3 Å². The topological polar surface area (TPSA) is 57.6 Å². The molecule has 0 amide bonds. The van der Waals surface area contributed by atoms with Crippen molar-refractivity contribution in [3.05, 3.63) is 17.0 Å². The molecular formula is C13H21NO3S2. The minimum atomic E-state index is -3.35. The van der Waals surface area contributed by atoms with Crippen molar-refractivity contribution in [2.75, 3.05) is 19.7 Å². The number of hydrogen-bond donors (Lipinski definition) is 1. The first kappa shape index (κ1) is 15.0. The molecule has 108 valence electrons. The summed E-state index contributed by atoms with van der Waals surface area (Å²) in [6.45, 7) is 3.30. The summed E-state index contributed by atoms with van der Waals surface area (Å²) in [4.78, 5) is 0.920. The van der Waals surface area contributed by atoms with E-state index in [4.69, 9.17) is 5.11 Å². The van der Waals surface area contributed by atoms with Gasteiger partial charge in [-0.25, -0.2) is 8.42 Å². The fraction of sp³-hybridized carbons (Fsp3) is 0.692. The van der Waals surface area contributed by atoms with Gasteiger partial charge in [-0.15, -0.1) is 11.3 Å². The Hall–Kier alpha value is -0.430. The number of sulfonamides is 1. The van der Waals surface area contributed by atoms with Gasteiger partial charge >= 0.3 is 0 Å². The van der Waals surface area contributed by atoms with Crippen LogP contribution >= 0.6 is 11.3 Å². The molecule has 19 heavy (non-hydrogen) atoms. The van der Waals surface area contributed by atoms with E-state index in [1.807, 2.05) is 6.92 Å². The minimum absolute atomic E-state index is 0.0563. The highest BCUT2D eigenvalue weighted by Crippen LogP contribution is 2.33. The highest BCUT2D eigenvalue weighted by Gasteiger charge is 2.31. The highest BCUT2D eigenvalue weighted by atomic mass is 32.2. The van der Waals surface area contributed by atoms with Crippen LogP contribution in [0.2, 0.25) is 0 Å². The molecular weight excluding hydrogens is 282 g/mol. The third-order valence-corrected chi connectivity index (χ3v) is 6.70. The van der Waals surface area contributed by atoms with E-state index in [2.05, 4.69) is 0 Å². The quantitative estimate of drug-likeness (QED) is 0.800. The van der Waals surface area contributed by atoms with Gasteiger partial charge in [0.15, 0.2) is 0 Å². The van der Waals surface area contributed by atoms with Gasteiger partial charge in [-0.05, 0) is 37.3 Å². The van der Waals surface area contributed by atoms with E-state index in [0.717, 1.165) is 24.1 Å². The molecule has 0 unspecified atom stereocenters. The van der Waals surface area contributed by atoms with Crippen molar-refractivity contribution in [1.82, 2.24) is 4.31 Å². The van der Waals surface area contributed by atoms with Crippen LogP contribution in [-0.2, 0) is 16.4 Å². The van der Waals surface area contributed by atoms with Gasteiger partial charge in [0.2, 0.25) is 0 Å². The Kier molecular flexibility index (Phi) is 5.00. The molecule has 1 aliphatic rings. The molecule has 0 spiro atoms. The minimum Gasteiger partial charge on any atom is -0.396 e. The first-order chi connectivity index (χ1) is 9.07. The number of thiophene rings is 1. The zero-order valence-electron chi connectivity index (χ0n) is 11.2. The summed E-state index contributed by atoms with van der Waals surface area (Å²) >= 11 is 1.28. The normalized spacial score (nSPS) is 16.2. The summed E-state index contributed by atoms with van der Waals surface area (Å²) in [5, 5.41) is 8.90. The largest absolute Gasteiger partial charge is 0.396 e. The van der Waals surface area contributed by atoms with Crippen LogP contribution in [-0.4, -0.2) is 37.5 Å². The van der Waals surface area contributed by atoms with Crippen LogP contribution in [0.3, 0.4) is 0 Å². The van der Waals surface area contributed by atoms with Crippen LogP contribution in [0.15, 0.2) is 16.3 Å². The molecule has 1 heterocycles. The lowest BCUT2D eigenvalue weighted by Gasteiger charge is -2.20. The summed E-state index contributed by atoms with van der Waals surface area (Å²) in [6, 6.07) is 3.47. The highest BCUT2D eigenvalue weighted by molar-refractivity contribution is 7.91. The number of nitrogens with zero attached hydrogens (tertiary/aromatic N) is 1. The van der Waals surface area contributed by atoms with Crippen LogP contribution in [0.4, 0.5) is 0 Å². The van der Waals surface area contributed by atoms with Gasteiger partial charge in [0.1, 0.15) is 4.21 Å². The van der Waals surface area contributed by atoms with Gasteiger partial charge in [-0.2, -0.15) is 4.31 Å². The smallest absolute Gasteiger partial charge is 0.252 e. The average Bonchev–Trinajstić information content (AvgIpc) is 3.05. The Bertz CT molecular complexity index is 506. The number of aliphatic hydroxyl groups excluding tert-OH is 1. The molecule has 0 radical (unpaired) electrons. The Morgan fingerprint density at radius 1 is 1.42 bits per heavy atom. The van der Waals surface area contributed by atoms with Crippen molar-refractivity contribution in [2.24, 2.45) is 5.92 Å². The van der Waals surface area contributed by atoms with E-state index in [9.17, 15) is 8.42 Å². The Labute approximate surface area is 119 Å². The monoisotopic (exact) mass is 303 g/mol. The predicted molar refractivity (Wildman–Crippen MR) is 76.9 cm³/mol. The van der Waals surface area contributed by atoms with Gasteiger partial charge < -0.3 is 5.11 Å². The number of rotatable bonds is 8. The van der Waals surface area contributed by atoms with E-state index in [1.54, 1.807) is 16.4 Å². The third kappa shape index (κ3) is 3.78. The Morgan fingerprint density at radius 3 is 2.74 bits per heavy atom. The summed E-state index contributed by atoms with van der Waals surface area (Å²) < 4.78 is 27.2. The number of aliphatic hydroxyl groups is 1. The van der Waals surface area contributed by atoms with Crippen molar-refractivity contribution < 1.29 is 13.5 Å². The summed E-state index contributed by atoms with van der Waals surface area (Å²) in [6.07, 6.45) is 3.66. The van der Waals surface area contributed by atoms with Crippen molar-refractivity contribution in [3.8, 4) is 0 Å². The molecule has 1 saturated carbocycles. The average molecular weight is 303 g/mol. The Morgan fingerprint density at radius 2 is 2.16 bits per heavy atom. The molecule has 6 heteroatoms. The maximum absolute atomic E-state index is 12.6. The van der Waals surface area contributed by atoms with Crippen molar-refractivity contribution >= 4 is 21.4 Å². The molecule has 0 atom stereocenters. The second-order valence-electron chi connectivity index (χ2n) is 5.00. The molecule has 0 bridgehead atoms. The molecule has 1 fully saturated rings. The van der Waals surface area contributed by atoms with Crippen LogP contribution < -0.4 is 0 Å². The lowest BCUT2D eigenvalue weighted by Crippen LogP contribution is -2.33. The van der Waals surface area contributed by atoms with Gasteiger partial charge in [0.05, 0.1) is 0 Å². The number of hydrogen-bond acceptors (Lipinski definition) is 4. The third-order valence-electron chi connectivity index (χ3n) is 3.22. The van der Waals surface area contributed by atoms with Crippen LogP contribution in [0, 0.1) is 5.92 Å². The fourth-order valence-corrected chi connectivity index (χ4v) is 5.12. The van der Waals surface area contributed by atoms with Gasteiger partial charge in [-0.3, -0.25) is 0 Å². The zero-order chi connectivity index (χ0) is 13.9. The standard InChI is InChI=1S/C13H21NO3S2/c1-2-8-14(10-11-3-4-11)19(16,17)13-6-5-12(18-13)7-9-15/h5-6,11,15H,2-4,7-10H2,1H3. The summed E-state index contributed by atoms with van der Waals surface area (Å²) in [5.74, 6) is 0.554. The van der Waals surface area contributed by atoms with Crippen LogP contribution in [0.1, 0.15) is 31.1 Å². The maximum atomic E-state index is 12.6. The lowest BCUT2D eigenvalue weighted by molar-refractivity contribution is 0.300. The van der Waals surface area contributed by atoms with E-state index >= 15 is 0 Å².